The number of likely N-dealkylation sites (tertiary alicyclic amines) is 1. The van der Waals surface area contributed by atoms with Crippen molar-refractivity contribution in [3.8, 4) is 0 Å². The van der Waals surface area contributed by atoms with Gasteiger partial charge >= 0.3 is 5.97 Å². The summed E-state index contributed by atoms with van der Waals surface area (Å²) in [5.74, 6) is -0.741. The van der Waals surface area contributed by atoms with Gasteiger partial charge in [0.2, 0.25) is 0 Å². The fourth-order valence-corrected chi connectivity index (χ4v) is 3.10. The second kappa shape index (κ2) is 4.59. The van der Waals surface area contributed by atoms with E-state index in [4.69, 9.17) is 0 Å². The molecule has 0 amide bonds. The fourth-order valence-electron chi connectivity index (χ4n) is 3.10. The number of rotatable bonds is 3. The molecule has 1 aliphatic rings. The standard InChI is InChI=1S/C15H19N3O2/c1-15(14(19)20)8-5-9-18(15)10-12-11-6-3-4-7-13(11)17(2)16-12/h3-4,6-7H,5,8-10H2,1-2H3,(H,19,20). The molecule has 5 nitrogen and oxygen atoms in total. The number of carbonyl (C=O) groups is 1. The SMILES string of the molecule is Cn1nc(CN2CCCC2(C)C(=O)O)c2ccccc21. The molecule has 1 N–H and O–H groups in total. The second-order valence-electron chi connectivity index (χ2n) is 5.69. The summed E-state index contributed by atoms with van der Waals surface area (Å²) in [5.41, 5.74) is 1.27. The molecule has 1 unspecified atom stereocenters. The molecule has 1 atom stereocenters. The Morgan fingerprint density at radius 1 is 1.45 bits per heavy atom. The Balaban J connectivity index is 1.96. The van der Waals surface area contributed by atoms with E-state index in [1.54, 1.807) is 0 Å². The highest BCUT2D eigenvalue weighted by molar-refractivity contribution is 5.82. The molecule has 0 bridgehead atoms. The number of fused-ring (bicyclic) bond motifs is 1. The quantitative estimate of drug-likeness (QED) is 0.929. The lowest BCUT2D eigenvalue weighted by Crippen LogP contribution is -2.47. The predicted molar refractivity (Wildman–Crippen MR) is 76.4 cm³/mol. The van der Waals surface area contributed by atoms with Crippen LogP contribution in [-0.2, 0) is 18.4 Å². The van der Waals surface area contributed by atoms with Gasteiger partial charge < -0.3 is 5.11 Å². The molecule has 1 aromatic heterocycles. The van der Waals surface area contributed by atoms with Crippen molar-refractivity contribution in [3.63, 3.8) is 0 Å². The lowest BCUT2D eigenvalue weighted by Gasteiger charge is -2.30. The summed E-state index contributed by atoms with van der Waals surface area (Å²) >= 11 is 0. The highest BCUT2D eigenvalue weighted by Gasteiger charge is 2.43. The minimum atomic E-state index is -0.765. The van der Waals surface area contributed by atoms with Crippen LogP contribution in [0.1, 0.15) is 25.5 Å². The Kier molecular flexibility index (Phi) is 3.01. The molecule has 0 spiro atoms. The average Bonchev–Trinajstić information content (AvgIpc) is 2.94. The number of carboxylic acids is 1. The van der Waals surface area contributed by atoms with Crippen molar-refractivity contribution in [1.29, 1.82) is 0 Å². The number of aromatic nitrogens is 2. The third-order valence-corrected chi connectivity index (χ3v) is 4.43. The van der Waals surface area contributed by atoms with Gasteiger partial charge in [0.25, 0.3) is 0 Å². The van der Waals surface area contributed by atoms with Gasteiger partial charge in [0.05, 0.1) is 11.2 Å². The summed E-state index contributed by atoms with van der Waals surface area (Å²) < 4.78 is 1.86. The van der Waals surface area contributed by atoms with Crippen LogP contribution in [0.4, 0.5) is 0 Å². The minimum absolute atomic E-state index is 0.587. The van der Waals surface area contributed by atoms with Crippen LogP contribution in [0.15, 0.2) is 24.3 Å². The van der Waals surface area contributed by atoms with Crippen LogP contribution in [-0.4, -0.2) is 37.8 Å². The zero-order chi connectivity index (χ0) is 14.3. The Labute approximate surface area is 117 Å². The molecular weight excluding hydrogens is 254 g/mol. The van der Waals surface area contributed by atoms with E-state index in [9.17, 15) is 9.90 Å². The van der Waals surface area contributed by atoms with Crippen LogP contribution < -0.4 is 0 Å². The molecule has 0 aliphatic carbocycles. The van der Waals surface area contributed by atoms with E-state index < -0.39 is 11.5 Å². The molecule has 1 fully saturated rings. The van der Waals surface area contributed by atoms with E-state index in [-0.39, 0.29) is 0 Å². The molecule has 0 radical (unpaired) electrons. The molecule has 2 heterocycles. The first-order chi connectivity index (χ1) is 9.52. The van der Waals surface area contributed by atoms with Crippen molar-refractivity contribution in [3.05, 3.63) is 30.0 Å². The van der Waals surface area contributed by atoms with Crippen LogP contribution in [0, 0.1) is 0 Å². The maximum Gasteiger partial charge on any atom is 0.323 e. The number of benzene rings is 1. The first-order valence-electron chi connectivity index (χ1n) is 6.91. The average molecular weight is 273 g/mol. The summed E-state index contributed by atoms with van der Waals surface area (Å²) in [5, 5.41) is 15.1. The molecule has 1 aromatic carbocycles. The van der Waals surface area contributed by atoms with Gasteiger partial charge in [-0.05, 0) is 32.4 Å². The van der Waals surface area contributed by atoms with Crippen molar-refractivity contribution in [2.75, 3.05) is 6.54 Å². The smallest absolute Gasteiger partial charge is 0.323 e. The van der Waals surface area contributed by atoms with Crippen LogP contribution >= 0.6 is 0 Å². The van der Waals surface area contributed by atoms with E-state index in [0.717, 1.165) is 29.6 Å². The zero-order valence-electron chi connectivity index (χ0n) is 11.8. The third kappa shape index (κ3) is 1.89. The van der Waals surface area contributed by atoms with Gasteiger partial charge in [-0.3, -0.25) is 14.4 Å². The van der Waals surface area contributed by atoms with Crippen LogP contribution in [0.2, 0.25) is 0 Å². The number of para-hydroxylation sites is 1. The second-order valence-corrected chi connectivity index (χ2v) is 5.69. The first kappa shape index (κ1) is 13.1. The summed E-state index contributed by atoms with van der Waals surface area (Å²) in [6, 6.07) is 8.07. The van der Waals surface area contributed by atoms with Crippen LogP contribution in [0.25, 0.3) is 10.9 Å². The van der Waals surface area contributed by atoms with E-state index in [1.807, 2.05) is 47.8 Å². The summed E-state index contributed by atoms with van der Waals surface area (Å²) in [4.78, 5) is 13.6. The van der Waals surface area contributed by atoms with Crippen LogP contribution in [0.3, 0.4) is 0 Å². The third-order valence-electron chi connectivity index (χ3n) is 4.43. The van der Waals surface area contributed by atoms with E-state index in [0.29, 0.717) is 13.0 Å². The molecule has 2 aromatic rings. The van der Waals surface area contributed by atoms with Gasteiger partial charge in [-0.2, -0.15) is 5.10 Å². The van der Waals surface area contributed by atoms with Gasteiger partial charge in [0.15, 0.2) is 0 Å². The normalized spacial score (nSPS) is 23.5. The molecule has 5 heteroatoms. The number of nitrogens with zero attached hydrogens (tertiary/aromatic N) is 3. The minimum Gasteiger partial charge on any atom is -0.480 e. The van der Waals surface area contributed by atoms with Crippen molar-refractivity contribution in [2.45, 2.75) is 31.8 Å². The zero-order valence-corrected chi connectivity index (χ0v) is 11.8. The van der Waals surface area contributed by atoms with Crippen molar-refractivity contribution in [1.82, 2.24) is 14.7 Å². The molecule has 0 saturated carbocycles. The summed E-state index contributed by atoms with van der Waals surface area (Å²) in [7, 11) is 1.92. The maximum absolute atomic E-state index is 11.5. The highest BCUT2D eigenvalue weighted by atomic mass is 16.4. The molecule has 106 valence electrons. The molecule has 3 rings (SSSR count). The van der Waals surface area contributed by atoms with Crippen molar-refractivity contribution < 1.29 is 9.90 Å². The first-order valence-corrected chi connectivity index (χ1v) is 6.91. The summed E-state index contributed by atoms with van der Waals surface area (Å²) in [6.45, 7) is 3.21. The molecule has 1 saturated heterocycles. The molecule has 20 heavy (non-hydrogen) atoms. The van der Waals surface area contributed by atoms with Gasteiger partial charge in [-0.15, -0.1) is 0 Å². The summed E-state index contributed by atoms with van der Waals surface area (Å²) in [6.07, 6.45) is 1.63. The van der Waals surface area contributed by atoms with Gasteiger partial charge in [0, 0.05) is 19.0 Å². The number of hydrogen-bond acceptors (Lipinski definition) is 3. The molecule has 1 aliphatic heterocycles. The Morgan fingerprint density at radius 2 is 2.20 bits per heavy atom. The fraction of sp³-hybridized carbons (Fsp3) is 0.467. The number of hydrogen-bond donors (Lipinski definition) is 1. The van der Waals surface area contributed by atoms with Crippen molar-refractivity contribution in [2.24, 2.45) is 7.05 Å². The van der Waals surface area contributed by atoms with Crippen molar-refractivity contribution >= 4 is 16.9 Å². The lowest BCUT2D eigenvalue weighted by atomic mass is 9.99. The Hall–Kier alpha value is -1.88. The Bertz CT molecular complexity index is 664. The Morgan fingerprint density at radius 3 is 2.95 bits per heavy atom. The lowest BCUT2D eigenvalue weighted by molar-refractivity contribution is -0.148. The highest BCUT2D eigenvalue weighted by Crippen LogP contribution is 2.31. The number of carboxylic acid groups (broad SMARTS) is 1. The predicted octanol–water partition coefficient (Wildman–Crippen LogP) is 2.01. The maximum atomic E-state index is 11.5. The van der Waals surface area contributed by atoms with Crippen LogP contribution in [0.5, 0.6) is 0 Å². The van der Waals surface area contributed by atoms with Gasteiger partial charge in [-0.1, -0.05) is 18.2 Å². The monoisotopic (exact) mass is 273 g/mol. The number of aliphatic carboxylic acids is 1. The van der Waals surface area contributed by atoms with E-state index in [1.165, 1.54) is 0 Å². The van der Waals surface area contributed by atoms with E-state index >= 15 is 0 Å². The van der Waals surface area contributed by atoms with Gasteiger partial charge in [0.1, 0.15) is 5.54 Å². The number of aryl methyl sites for hydroxylation is 1. The molecular formula is C15H19N3O2. The van der Waals surface area contributed by atoms with Gasteiger partial charge in [-0.25, -0.2) is 0 Å². The van der Waals surface area contributed by atoms with E-state index in [2.05, 4.69) is 5.10 Å². The topological polar surface area (TPSA) is 58.4 Å². The largest absolute Gasteiger partial charge is 0.480 e.